The number of aromatic nitrogens is 2. The molecule has 0 bridgehead atoms. The average molecular weight is 406 g/mol. The molecule has 0 saturated carbocycles. The standard InChI is InChI=1S/C23H26N4O3/c1-15-11-16(2)22-18(12-15)13-20(23(29)30)27(22)14-19-5-4-6-21(24-19)26-9-7-25(8-10-26)17(3)28/h4-6,11-13H,7-10,14H2,1-3H3,(H,29,30). The van der Waals surface area contributed by atoms with Crippen LogP contribution in [0.5, 0.6) is 0 Å². The summed E-state index contributed by atoms with van der Waals surface area (Å²) in [4.78, 5) is 32.3. The third-order valence-electron chi connectivity index (χ3n) is 5.71. The van der Waals surface area contributed by atoms with Gasteiger partial charge in [-0.25, -0.2) is 9.78 Å². The van der Waals surface area contributed by atoms with E-state index in [1.807, 2.05) is 47.6 Å². The van der Waals surface area contributed by atoms with Gasteiger partial charge in [-0.2, -0.15) is 0 Å². The zero-order valence-corrected chi connectivity index (χ0v) is 17.6. The Morgan fingerprint density at radius 3 is 2.47 bits per heavy atom. The summed E-state index contributed by atoms with van der Waals surface area (Å²) in [6.07, 6.45) is 0. The van der Waals surface area contributed by atoms with Crippen molar-refractivity contribution in [3.8, 4) is 0 Å². The molecule has 1 aromatic carbocycles. The molecular weight excluding hydrogens is 380 g/mol. The van der Waals surface area contributed by atoms with Crippen molar-refractivity contribution in [1.29, 1.82) is 0 Å². The number of anilines is 1. The second-order valence-corrected chi connectivity index (χ2v) is 7.92. The molecule has 3 heterocycles. The van der Waals surface area contributed by atoms with Gasteiger partial charge in [-0.15, -0.1) is 0 Å². The molecule has 7 nitrogen and oxygen atoms in total. The van der Waals surface area contributed by atoms with Gasteiger partial charge in [0.1, 0.15) is 11.5 Å². The molecule has 0 spiro atoms. The van der Waals surface area contributed by atoms with Crippen LogP contribution in [0.25, 0.3) is 10.9 Å². The number of nitrogens with zero attached hydrogens (tertiary/aromatic N) is 4. The Morgan fingerprint density at radius 1 is 1.07 bits per heavy atom. The van der Waals surface area contributed by atoms with E-state index in [4.69, 9.17) is 4.98 Å². The molecule has 30 heavy (non-hydrogen) atoms. The van der Waals surface area contributed by atoms with Crippen molar-refractivity contribution in [2.24, 2.45) is 0 Å². The lowest BCUT2D eigenvalue weighted by molar-refractivity contribution is -0.129. The maximum Gasteiger partial charge on any atom is 0.352 e. The summed E-state index contributed by atoms with van der Waals surface area (Å²) in [5, 5.41) is 10.7. The van der Waals surface area contributed by atoms with Crippen LogP contribution in [0, 0.1) is 13.8 Å². The van der Waals surface area contributed by atoms with Gasteiger partial charge in [0.2, 0.25) is 5.91 Å². The average Bonchev–Trinajstić information content (AvgIpc) is 3.07. The summed E-state index contributed by atoms with van der Waals surface area (Å²) in [6, 6.07) is 11.7. The lowest BCUT2D eigenvalue weighted by atomic mass is 10.1. The molecule has 1 aliphatic heterocycles. The summed E-state index contributed by atoms with van der Waals surface area (Å²) in [5.41, 5.74) is 4.16. The number of carboxylic acid groups (broad SMARTS) is 1. The summed E-state index contributed by atoms with van der Waals surface area (Å²) in [6.45, 7) is 8.85. The minimum Gasteiger partial charge on any atom is -0.477 e. The first-order valence-electron chi connectivity index (χ1n) is 10.1. The van der Waals surface area contributed by atoms with Crippen molar-refractivity contribution < 1.29 is 14.7 Å². The van der Waals surface area contributed by atoms with E-state index in [2.05, 4.69) is 11.0 Å². The van der Waals surface area contributed by atoms with Crippen molar-refractivity contribution in [2.45, 2.75) is 27.3 Å². The highest BCUT2D eigenvalue weighted by Gasteiger charge is 2.21. The SMILES string of the molecule is CC(=O)N1CCN(c2cccc(Cn3c(C(=O)O)cc4cc(C)cc(C)c43)n2)CC1. The topological polar surface area (TPSA) is 78.7 Å². The lowest BCUT2D eigenvalue weighted by Gasteiger charge is -2.35. The van der Waals surface area contributed by atoms with Crippen LogP contribution in [0.15, 0.2) is 36.4 Å². The van der Waals surface area contributed by atoms with Crippen molar-refractivity contribution in [3.05, 3.63) is 58.9 Å². The Kier molecular flexibility index (Phi) is 5.20. The fourth-order valence-electron chi connectivity index (χ4n) is 4.30. The van der Waals surface area contributed by atoms with Gasteiger partial charge in [-0.1, -0.05) is 17.7 Å². The van der Waals surface area contributed by atoms with Gasteiger partial charge < -0.3 is 19.5 Å². The monoisotopic (exact) mass is 406 g/mol. The molecule has 1 aliphatic rings. The summed E-state index contributed by atoms with van der Waals surface area (Å²) < 4.78 is 1.84. The third-order valence-corrected chi connectivity index (χ3v) is 5.71. The first-order chi connectivity index (χ1) is 14.3. The second kappa shape index (κ2) is 7.82. The predicted octanol–water partition coefficient (Wildman–Crippen LogP) is 3.07. The largest absolute Gasteiger partial charge is 0.477 e. The fourth-order valence-corrected chi connectivity index (χ4v) is 4.30. The van der Waals surface area contributed by atoms with Crippen molar-refractivity contribution in [1.82, 2.24) is 14.5 Å². The molecule has 1 saturated heterocycles. The Labute approximate surface area is 175 Å². The van der Waals surface area contributed by atoms with Crippen molar-refractivity contribution in [2.75, 3.05) is 31.1 Å². The highest BCUT2D eigenvalue weighted by molar-refractivity contribution is 5.96. The van der Waals surface area contributed by atoms with E-state index in [0.29, 0.717) is 19.6 Å². The molecule has 1 N–H and O–H groups in total. The highest BCUT2D eigenvalue weighted by Crippen LogP contribution is 2.26. The number of aryl methyl sites for hydroxylation is 2. The Hall–Kier alpha value is -3.35. The summed E-state index contributed by atoms with van der Waals surface area (Å²) in [7, 11) is 0. The zero-order valence-electron chi connectivity index (χ0n) is 17.6. The maximum atomic E-state index is 11.9. The van der Waals surface area contributed by atoms with E-state index in [1.54, 1.807) is 13.0 Å². The van der Waals surface area contributed by atoms with Gasteiger partial charge in [-0.05, 0) is 43.7 Å². The Balaban J connectivity index is 1.65. The molecule has 3 aromatic rings. The lowest BCUT2D eigenvalue weighted by Crippen LogP contribution is -2.48. The van der Waals surface area contributed by atoms with Gasteiger partial charge in [0, 0.05) is 38.5 Å². The highest BCUT2D eigenvalue weighted by atomic mass is 16.4. The normalized spacial score (nSPS) is 14.4. The van der Waals surface area contributed by atoms with Gasteiger partial charge in [-0.3, -0.25) is 4.79 Å². The Morgan fingerprint density at radius 2 is 1.80 bits per heavy atom. The number of rotatable bonds is 4. The number of hydrogen-bond acceptors (Lipinski definition) is 4. The van der Waals surface area contributed by atoms with Crippen LogP contribution < -0.4 is 4.90 Å². The first-order valence-corrected chi connectivity index (χ1v) is 10.1. The molecule has 4 rings (SSSR count). The number of amides is 1. The van der Waals surface area contributed by atoms with E-state index >= 15 is 0 Å². The van der Waals surface area contributed by atoms with Crippen LogP contribution in [0.2, 0.25) is 0 Å². The molecule has 1 fully saturated rings. The van der Waals surface area contributed by atoms with Gasteiger partial charge in [0.25, 0.3) is 0 Å². The molecule has 0 radical (unpaired) electrons. The molecule has 156 valence electrons. The van der Waals surface area contributed by atoms with Crippen LogP contribution in [-0.4, -0.2) is 57.6 Å². The van der Waals surface area contributed by atoms with E-state index in [1.165, 1.54) is 0 Å². The number of fused-ring (bicyclic) bond motifs is 1. The van der Waals surface area contributed by atoms with Crippen molar-refractivity contribution in [3.63, 3.8) is 0 Å². The number of carbonyl (C=O) groups excluding carboxylic acids is 1. The summed E-state index contributed by atoms with van der Waals surface area (Å²) >= 11 is 0. The predicted molar refractivity (Wildman–Crippen MR) is 116 cm³/mol. The van der Waals surface area contributed by atoms with E-state index in [9.17, 15) is 14.7 Å². The molecule has 0 unspecified atom stereocenters. The first kappa shape index (κ1) is 19.9. The van der Waals surface area contributed by atoms with Crippen LogP contribution in [-0.2, 0) is 11.3 Å². The number of pyridine rings is 1. The quantitative estimate of drug-likeness (QED) is 0.720. The fraction of sp³-hybridized carbons (Fsp3) is 0.348. The molecule has 1 amide bonds. The molecule has 7 heteroatoms. The smallest absolute Gasteiger partial charge is 0.352 e. The van der Waals surface area contributed by atoms with Crippen LogP contribution in [0.3, 0.4) is 0 Å². The zero-order chi connectivity index (χ0) is 21.4. The van der Waals surface area contributed by atoms with Crippen LogP contribution in [0.1, 0.15) is 34.2 Å². The second-order valence-electron chi connectivity index (χ2n) is 7.92. The number of piperazine rings is 1. The van der Waals surface area contributed by atoms with E-state index in [0.717, 1.165) is 46.6 Å². The molecule has 0 atom stereocenters. The number of hydrogen-bond donors (Lipinski definition) is 1. The minimum absolute atomic E-state index is 0.0997. The molecule has 2 aromatic heterocycles. The molecule has 0 aliphatic carbocycles. The third kappa shape index (κ3) is 3.75. The van der Waals surface area contributed by atoms with E-state index in [-0.39, 0.29) is 11.6 Å². The number of benzene rings is 1. The van der Waals surface area contributed by atoms with E-state index < -0.39 is 5.97 Å². The summed E-state index contributed by atoms with van der Waals surface area (Å²) in [5.74, 6) is 0.0130. The Bertz CT molecular complexity index is 1130. The van der Waals surface area contributed by atoms with Gasteiger partial charge in [0.05, 0.1) is 17.8 Å². The van der Waals surface area contributed by atoms with Crippen LogP contribution in [0.4, 0.5) is 5.82 Å². The van der Waals surface area contributed by atoms with Crippen LogP contribution >= 0.6 is 0 Å². The maximum absolute atomic E-state index is 11.9. The number of carbonyl (C=O) groups is 2. The number of carboxylic acids is 1. The molecular formula is C23H26N4O3. The van der Waals surface area contributed by atoms with Crippen molar-refractivity contribution >= 4 is 28.6 Å². The minimum atomic E-state index is -0.945. The van der Waals surface area contributed by atoms with Gasteiger partial charge >= 0.3 is 5.97 Å². The van der Waals surface area contributed by atoms with Gasteiger partial charge in [0.15, 0.2) is 0 Å². The number of aromatic carboxylic acids is 1.